The van der Waals surface area contributed by atoms with E-state index in [1.54, 1.807) is 19.5 Å². The van der Waals surface area contributed by atoms with E-state index in [2.05, 4.69) is 10.3 Å². The molecule has 0 unspecified atom stereocenters. The minimum atomic E-state index is -0.303. The van der Waals surface area contributed by atoms with Crippen LogP contribution >= 0.6 is 0 Å². The van der Waals surface area contributed by atoms with Crippen LogP contribution < -0.4 is 10.1 Å². The van der Waals surface area contributed by atoms with Crippen molar-refractivity contribution in [3.63, 3.8) is 0 Å². The Bertz CT molecular complexity index is 549. The lowest BCUT2D eigenvalue weighted by Gasteiger charge is -2.09. The Morgan fingerprint density at radius 3 is 2.90 bits per heavy atom. The number of methoxy groups -OCH3 is 1. The highest BCUT2D eigenvalue weighted by Gasteiger charge is 2.03. The fourth-order valence-electron chi connectivity index (χ4n) is 1.86. The van der Waals surface area contributed by atoms with Crippen molar-refractivity contribution in [3.05, 3.63) is 59.7 Å². The molecule has 1 N–H and O–H groups in total. The number of nitrogens with zero attached hydrogens (tertiary/aromatic N) is 1. The fourth-order valence-corrected chi connectivity index (χ4v) is 1.86. The van der Waals surface area contributed by atoms with Crippen molar-refractivity contribution in [2.45, 2.75) is 13.2 Å². The highest BCUT2D eigenvalue weighted by molar-refractivity contribution is 5.30. The van der Waals surface area contributed by atoms with E-state index in [-0.39, 0.29) is 5.82 Å². The summed E-state index contributed by atoms with van der Waals surface area (Å²) in [5, 5.41) is 3.17. The van der Waals surface area contributed by atoms with Gasteiger partial charge in [-0.05, 0) is 23.8 Å². The van der Waals surface area contributed by atoms with Crippen LogP contribution in [0.25, 0.3) is 0 Å². The van der Waals surface area contributed by atoms with Crippen molar-refractivity contribution in [1.29, 1.82) is 0 Å². The Morgan fingerprint density at radius 1 is 1.24 bits per heavy atom. The van der Waals surface area contributed by atoms with Gasteiger partial charge in [-0.25, -0.2) is 4.39 Å². The van der Waals surface area contributed by atoms with E-state index in [1.165, 1.54) is 12.1 Å². The molecule has 5 heteroatoms. The SMILES string of the molecule is COCCNCc1cc(F)cc(OCc2cccnc2)c1. The molecular formula is C16H19FN2O2. The summed E-state index contributed by atoms with van der Waals surface area (Å²) in [7, 11) is 1.65. The summed E-state index contributed by atoms with van der Waals surface area (Å²) in [4.78, 5) is 4.01. The Kier molecular flexibility index (Phi) is 6.12. The normalized spacial score (nSPS) is 10.6. The third-order valence-electron chi connectivity index (χ3n) is 2.87. The second-order valence-corrected chi connectivity index (χ2v) is 4.61. The second kappa shape index (κ2) is 8.34. The largest absolute Gasteiger partial charge is 0.489 e. The topological polar surface area (TPSA) is 43.4 Å². The van der Waals surface area contributed by atoms with Gasteiger partial charge in [0.15, 0.2) is 0 Å². The number of aromatic nitrogens is 1. The maximum absolute atomic E-state index is 13.6. The molecule has 0 fully saturated rings. The van der Waals surface area contributed by atoms with Gasteiger partial charge in [-0.1, -0.05) is 6.07 Å². The van der Waals surface area contributed by atoms with E-state index in [1.807, 2.05) is 18.2 Å². The lowest BCUT2D eigenvalue weighted by atomic mass is 10.2. The molecule has 0 aliphatic rings. The quantitative estimate of drug-likeness (QED) is 0.759. The molecule has 0 spiro atoms. The zero-order valence-corrected chi connectivity index (χ0v) is 12.0. The van der Waals surface area contributed by atoms with Gasteiger partial charge in [0.1, 0.15) is 18.2 Å². The fraction of sp³-hybridized carbons (Fsp3) is 0.312. The molecule has 0 aliphatic heterocycles. The van der Waals surface area contributed by atoms with Crippen LogP contribution in [-0.4, -0.2) is 25.2 Å². The highest BCUT2D eigenvalue weighted by Crippen LogP contribution is 2.17. The minimum absolute atomic E-state index is 0.303. The monoisotopic (exact) mass is 290 g/mol. The number of ether oxygens (including phenoxy) is 2. The summed E-state index contributed by atoms with van der Waals surface area (Å²) in [6.07, 6.45) is 3.43. The average molecular weight is 290 g/mol. The van der Waals surface area contributed by atoms with Gasteiger partial charge in [-0.15, -0.1) is 0 Å². The van der Waals surface area contributed by atoms with Gasteiger partial charge < -0.3 is 14.8 Å². The minimum Gasteiger partial charge on any atom is -0.489 e. The molecule has 1 aromatic carbocycles. The van der Waals surface area contributed by atoms with Gasteiger partial charge in [-0.3, -0.25) is 4.98 Å². The van der Waals surface area contributed by atoms with E-state index in [9.17, 15) is 4.39 Å². The molecule has 112 valence electrons. The average Bonchev–Trinajstić information content (AvgIpc) is 2.50. The highest BCUT2D eigenvalue weighted by atomic mass is 19.1. The van der Waals surface area contributed by atoms with Crippen molar-refractivity contribution in [2.24, 2.45) is 0 Å². The molecule has 1 aromatic heterocycles. The third kappa shape index (κ3) is 5.49. The van der Waals surface area contributed by atoms with Crippen LogP contribution in [0.1, 0.15) is 11.1 Å². The zero-order valence-electron chi connectivity index (χ0n) is 12.0. The van der Waals surface area contributed by atoms with Crippen molar-refractivity contribution in [2.75, 3.05) is 20.3 Å². The van der Waals surface area contributed by atoms with Crippen molar-refractivity contribution in [1.82, 2.24) is 10.3 Å². The Labute approximate surface area is 123 Å². The predicted molar refractivity (Wildman–Crippen MR) is 78.6 cm³/mol. The molecule has 0 aliphatic carbocycles. The molecule has 0 atom stereocenters. The molecule has 4 nitrogen and oxygen atoms in total. The van der Waals surface area contributed by atoms with Gasteiger partial charge in [0.05, 0.1) is 6.61 Å². The first-order valence-electron chi connectivity index (χ1n) is 6.79. The van der Waals surface area contributed by atoms with E-state index in [4.69, 9.17) is 9.47 Å². The van der Waals surface area contributed by atoms with Crippen LogP contribution in [-0.2, 0) is 17.9 Å². The predicted octanol–water partition coefficient (Wildman–Crippen LogP) is 2.54. The van der Waals surface area contributed by atoms with Crippen molar-refractivity contribution < 1.29 is 13.9 Å². The molecule has 0 bridgehead atoms. The lowest BCUT2D eigenvalue weighted by Crippen LogP contribution is -2.18. The Morgan fingerprint density at radius 2 is 2.14 bits per heavy atom. The van der Waals surface area contributed by atoms with Gasteiger partial charge in [0, 0.05) is 44.2 Å². The van der Waals surface area contributed by atoms with Crippen LogP contribution in [0.3, 0.4) is 0 Å². The first-order valence-corrected chi connectivity index (χ1v) is 6.79. The summed E-state index contributed by atoms with van der Waals surface area (Å²) < 4.78 is 24.1. The molecule has 0 amide bonds. The molecule has 2 aromatic rings. The van der Waals surface area contributed by atoms with Gasteiger partial charge >= 0.3 is 0 Å². The summed E-state index contributed by atoms with van der Waals surface area (Å²) in [5.41, 5.74) is 1.79. The van der Waals surface area contributed by atoms with Crippen LogP contribution in [0.4, 0.5) is 4.39 Å². The summed E-state index contributed by atoms with van der Waals surface area (Å²) in [6, 6.07) is 8.47. The molecule has 0 saturated carbocycles. The molecule has 2 rings (SSSR count). The molecule has 0 radical (unpaired) electrons. The number of halogens is 1. The Balaban J connectivity index is 1.91. The molecule has 0 saturated heterocycles. The first-order chi connectivity index (χ1) is 10.3. The van der Waals surface area contributed by atoms with E-state index < -0.39 is 0 Å². The number of hydrogen-bond donors (Lipinski definition) is 1. The maximum Gasteiger partial charge on any atom is 0.127 e. The number of rotatable bonds is 8. The summed E-state index contributed by atoms with van der Waals surface area (Å²) in [5.74, 6) is 0.213. The third-order valence-corrected chi connectivity index (χ3v) is 2.87. The van der Waals surface area contributed by atoms with Crippen LogP contribution in [0.5, 0.6) is 5.75 Å². The smallest absolute Gasteiger partial charge is 0.127 e. The van der Waals surface area contributed by atoms with E-state index >= 15 is 0 Å². The first kappa shape index (κ1) is 15.4. The second-order valence-electron chi connectivity index (χ2n) is 4.61. The summed E-state index contributed by atoms with van der Waals surface area (Å²) >= 11 is 0. The zero-order chi connectivity index (χ0) is 14.9. The van der Waals surface area contributed by atoms with Crippen molar-refractivity contribution in [3.8, 4) is 5.75 Å². The van der Waals surface area contributed by atoms with Gasteiger partial charge in [0.25, 0.3) is 0 Å². The molecule has 1 heterocycles. The lowest BCUT2D eigenvalue weighted by molar-refractivity contribution is 0.199. The standard InChI is InChI=1S/C16H19FN2O2/c1-20-6-5-19-11-14-7-15(17)9-16(8-14)21-12-13-3-2-4-18-10-13/h2-4,7-10,19H,5-6,11-12H2,1H3. The Hall–Kier alpha value is -1.98. The number of nitrogens with one attached hydrogen (secondary N) is 1. The molecule has 21 heavy (non-hydrogen) atoms. The number of pyridine rings is 1. The van der Waals surface area contributed by atoms with Crippen molar-refractivity contribution >= 4 is 0 Å². The van der Waals surface area contributed by atoms with Crippen LogP contribution in [0.15, 0.2) is 42.7 Å². The van der Waals surface area contributed by atoms with Gasteiger partial charge in [-0.2, -0.15) is 0 Å². The van der Waals surface area contributed by atoms with Crippen LogP contribution in [0, 0.1) is 5.82 Å². The summed E-state index contributed by atoms with van der Waals surface area (Å²) in [6.45, 7) is 2.29. The number of benzene rings is 1. The maximum atomic E-state index is 13.6. The van der Waals surface area contributed by atoms with E-state index in [0.29, 0.717) is 25.5 Å². The number of hydrogen-bond acceptors (Lipinski definition) is 4. The van der Waals surface area contributed by atoms with E-state index in [0.717, 1.165) is 17.7 Å². The van der Waals surface area contributed by atoms with Gasteiger partial charge in [0.2, 0.25) is 0 Å². The van der Waals surface area contributed by atoms with Crippen LogP contribution in [0.2, 0.25) is 0 Å². The molecular weight excluding hydrogens is 271 g/mol.